The van der Waals surface area contributed by atoms with E-state index in [0.29, 0.717) is 12.1 Å². The van der Waals surface area contributed by atoms with Gasteiger partial charge in [-0.05, 0) is 30.0 Å². The molecule has 0 aliphatic heterocycles. The van der Waals surface area contributed by atoms with Gasteiger partial charge in [-0.25, -0.2) is 4.79 Å². The Morgan fingerprint density at radius 2 is 2.00 bits per heavy atom. The molecule has 0 spiro atoms. The zero-order valence-electron chi connectivity index (χ0n) is 12.9. The number of urea groups is 1. The van der Waals surface area contributed by atoms with Crippen LogP contribution >= 0.6 is 0 Å². The van der Waals surface area contributed by atoms with E-state index in [1.165, 1.54) is 38.2 Å². The lowest BCUT2D eigenvalue weighted by molar-refractivity contribution is 0.172. The third-order valence-electron chi connectivity index (χ3n) is 4.27. The van der Waals surface area contributed by atoms with Crippen molar-refractivity contribution >= 4 is 6.03 Å². The SMILES string of the molecule is O=C(NCCC1CCCCC1)NCC(O)c1cccc(O)c1. The van der Waals surface area contributed by atoms with Gasteiger partial charge in [0, 0.05) is 13.1 Å². The molecule has 1 aliphatic carbocycles. The standard InChI is InChI=1S/C17H26N2O3/c20-15-8-4-7-14(11-15)16(21)12-19-17(22)18-10-9-13-5-2-1-3-6-13/h4,7-8,11,13,16,20-21H,1-3,5-6,9-10,12H2,(H2,18,19,22). The van der Waals surface area contributed by atoms with Crippen molar-refractivity contribution in [2.45, 2.75) is 44.6 Å². The first-order chi connectivity index (χ1) is 10.6. The highest BCUT2D eigenvalue weighted by Gasteiger charge is 2.14. The zero-order valence-corrected chi connectivity index (χ0v) is 12.9. The first kappa shape index (κ1) is 16.6. The summed E-state index contributed by atoms with van der Waals surface area (Å²) in [5, 5.41) is 24.8. The second-order valence-corrected chi connectivity index (χ2v) is 6.04. The summed E-state index contributed by atoms with van der Waals surface area (Å²) in [7, 11) is 0. The summed E-state index contributed by atoms with van der Waals surface area (Å²) in [6.45, 7) is 0.803. The number of benzene rings is 1. The molecule has 2 amide bonds. The maximum atomic E-state index is 11.7. The van der Waals surface area contributed by atoms with Gasteiger partial charge in [-0.2, -0.15) is 0 Å². The lowest BCUT2D eigenvalue weighted by Crippen LogP contribution is -2.38. The maximum Gasteiger partial charge on any atom is 0.314 e. The van der Waals surface area contributed by atoms with Gasteiger partial charge < -0.3 is 20.8 Å². The van der Waals surface area contributed by atoms with E-state index < -0.39 is 6.10 Å². The van der Waals surface area contributed by atoms with Crippen LogP contribution in [-0.4, -0.2) is 29.3 Å². The molecule has 122 valence electrons. The Hall–Kier alpha value is -1.75. The predicted octanol–water partition coefficient (Wildman–Crippen LogP) is 2.70. The fourth-order valence-corrected chi connectivity index (χ4v) is 2.97. The van der Waals surface area contributed by atoms with Gasteiger partial charge in [0.15, 0.2) is 0 Å². The van der Waals surface area contributed by atoms with E-state index in [1.807, 2.05) is 0 Å². The molecular weight excluding hydrogens is 280 g/mol. The lowest BCUT2D eigenvalue weighted by Gasteiger charge is -2.21. The number of rotatable bonds is 6. The minimum atomic E-state index is -0.823. The first-order valence-electron chi connectivity index (χ1n) is 8.14. The predicted molar refractivity (Wildman–Crippen MR) is 85.7 cm³/mol. The van der Waals surface area contributed by atoms with E-state index in [4.69, 9.17) is 0 Å². The monoisotopic (exact) mass is 306 g/mol. The van der Waals surface area contributed by atoms with Crippen LogP contribution in [0.15, 0.2) is 24.3 Å². The molecule has 5 heteroatoms. The number of carbonyl (C=O) groups excluding carboxylic acids is 1. The van der Waals surface area contributed by atoms with Crippen LogP contribution in [0.4, 0.5) is 4.79 Å². The third kappa shape index (κ3) is 5.56. The Bertz CT molecular complexity index is 473. The Balaban J connectivity index is 1.62. The highest BCUT2D eigenvalue weighted by molar-refractivity contribution is 5.73. The van der Waals surface area contributed by atoms with Crippen molar-refractivity contribution in [1.29, 1.82) is 0 Å². The van der Waals surface area contributed by atoms with Gasteiger partial charge in [-0.15, -0.1) is 0 Å². The number of phenolic OH excluding ortho intramolecular Hbond substituents is 1. The fourth-order valence-electron chi connectivity index (χ4n) is 2.97. The van der Waals surface area contributed by atoms with E-state index in [0.717, 1.165) is 12.3 Å². The number of phenols is 1. The maximum absolute atomic E-state index is 11.7. The minimum absolute atomic E-state index is 0.105. The number of carbonyl (C=O) groups is 1. The Labute approximate surface area is 131 Å². The molecule has 1 aromatic carbocycles. The Morgan fingerprint density at radius 3 is 2.73 bits per heavy atom. The van der Waals surface area contributed by atoms with E-state index in [2.05, 4.69) is 10.6 Å². The van der Waals surface area contributed by atoms with E-state index in [-0.39, 0.29) is 18.3 Å². The molecule has 5 nitrogen and oxygen atoms in total. The summed E-state index contributed by atoms with van der Waals surface area (Å²) < 4.78 is 0. The lowest BCUT2D eigenvalue weighted by atomic mass is 9.87. The molecule has 1 atom stereocenters. The number of amides is 2. The average molecular weight is 306 g/mol. The Morgan fingerprint density at radius 1 is 1.23 bits per heavy atom. The van der Waals surface area contributed by atoms with Crippen molar-refractivity contribution < 1.29 is 15.0 Å². The molecule has 1 unspecified atom stereocenters. The van der Waals surface area contributed by atoms with Crippen LogP contribution in [-0.2, 0) is 0 Å². The van der Waals surface area contributed by atoms with Crippen molar-refractivity contribution in [2.24, 2.45) is 5.92 Å². The number of aliphatic hydroxyl groups is 1. The molecule has 0 heterocycles. The molecule has 0 saturated heterocycles. The average Bonchev–Trinajstić information content (AvgIpc) is 2.53. The van der Waals surface area contributed by atoms with Crippen LogP contribution in [0.2, 0.25) is 0 Å². The molecule has 0 aromatic heterocycles. The molecule has 1 aliphatic rings. The fraction of sp³-hybridized carbons (Fsp3) is 0.588. The first-order valence-corrected chi connectivity index (χ1v) is 8.14. The summed E-state index contributed by atoms with van der Waals surface area (Å²) in [4.78, 5) is 11.7. The molecule has 0 bridgehead atoms. The highest BCUT2D eigenvalue weighted by Crippen LogP contribution is 2.25. The smallest absolute Gasteiger partial charge is 0.314 e. The van der Waals surface area contributed by atoms with Gasteiger partial charge in [-0.3, -0.25) is 0 Å². The zero-order chi connectivity index (χ0) is 15.8. The van der Waals surface area contributed by atoms with E-state index in [1.54, 1.807) is 18.2 Å². The second-order valence-electron chi connectivity index (χ2n) is 6.04. The highest BCUT2D eigenvalue weighted by atomic mass is 16.3. The quantitative estimate of drug-likeness (QED) is 0.652. The molecule has 4 N–H and O–H groups in total. The van der Waals surface area contributed by atoms with E-state index in [9.17, 15) is 15.0 Å². The number of nitrogens with one attached hydrogen (secondary N) is 2. The van der Waals surface area contributed by atoms with Crippen molar-refractivity contribution in [3.63, 3.8) is 0 Å². The summed E-state index contributed by atoms with van der Waals surface area (Å²) >= 11 is 0. The number of aromatic hydroxyl groups is 1. The summed E-state index contributed by atoms with van der Waals surface area (Å²) in [6, 6.07) is 6.16. The molecule has 0 radical (unpaired) electrons. The number of aliphatic hydroxyl groups excluding tert-OH is 1. The normalized spacial score (nSPS) is 17.0. The summed E-state index contributed by atoms with van der Waals surface area (Å²) in [5.41, 5.74) is 0.586. The third-order valence-corrected chi connectivity index (χ3v) is 4.27. The van der Waals surface area contributed by atoms with Gasteiger partial charge in [0.1, 0.15) is 5.75 Å². The van der Waals surface area contributed by atoms with Gasteiger partial charge in [-0.1, -0.05) is 44.2 Å². The molecule has 22 heavy (non-hydrogen) atoms. The minimum Gasteiger partial charge on any atom is -0.508 e. The van der Waals surface area contributed by atoms with Crippen molar-refractivity contribution in [2.75, 3.05) is 13.1 Å². The topological polar surface area (TPSA) is 81.6 Å². The van der Waals surface area contributed by atoms with Crippen molar-refractivity contribution in [3.05, 3.63) is 29.8 Å². The van der Waals surface area contributed by atoms with Crippen LogP contribution < -0.4 is 10.6 Å². The second kappa shape index (κ2) is 8.63. The largest absolute Gasteiger partial charge is 0.508 e. The molecule has 2 rings (SSSR count). The molecule has 1 saturated carbocycles. The van der Waals surface area contributed by atoms with Crippen LogP contribution in [0.1, 0.15) is 50.2 Å². The Kier molecular flexibility index (Phi) is 6.52. The van der Waals surface area contributed by atoms with Crippen molar-refractivity contribution in [1.82, 2.24) is 10.6 Å². The number of hydrogen-bond donors (Lipinski definition) is 4. The van der Waals surface area contributed by atoms with Gasteiger partial charge in [0.2, 0.25) is 0 Å². The molecular formula is C17H26N2O3. The van der Waals surface area contributed by atoms with Crippen LogP contribution in [0.25, 0.3) is 0 Å². The van der Waals surface area contributed by atoms with Crippen molar-refractivity contribution in [3.8, 4) is 5.75 Å². The van der Waals surface area contributed by atoms with Crippen LogP contribution in [0.3, 0.4) is 0 Å². The summed E-state index contributed by atoms with van der Waals surface area (Å²) in [5.74, 6) is 0.848. The van der Waals surface area contributed by atoms with Crippen LogP contribution in [0.5, 0.6) is 5.75 Å². The van der Waals surface area contributed by atoms with E-state index >= 15 is 0 Å². The number of hydrogen-bond acceptors (Lipinski definition) is 3. The summed E-state index contributed by atoms with van der Waals surface area (Å²) in [6.07, 6.45) is 6.73. The molecule has 1 fully saturated rings. The van der Waals surface area contributed by atoms with Gasteiger partial charge >= 0.3 is 6.03 Å². The van der Waals surface area contributed by atoms with Gasteiger partial charge in [0.05, 0.1) is 6.10 Å². The molecule has 1 aromatic rings. The van der Waals surface area contributed by atoms with Gasteiger partial charge in [0.25, 0.3) is 0 Å². The van der Waals surface area contributed by atoms with Crippen LogP contribution in [0, 0.1) is 5.92 Å².